The zero-order valence-electron chi connectivity index (χ0n) is 16.2. The van der Waals surface area contributed by atoms with Crippen LogP contribution in [0.5, 0.6) is 0 Å². The highest BCUT2D eigenvalue weighted by atomic mass is 35.5. The Morgan fingerprint density at radius 1 is 1.13 bits per heavy atom. The third-order valence-electron chi connectivity index (χ3n) is 4.98. The Hall–Kier alpha value is -2.15. The van der Waals surface area contributed by atoms with Crippen molar-refractivity contribution < 1.29 is 13.2 Å². The molecule has 2 aromatic carbocycles. The number of carbonyl (C=O) groups excluding carboxylic acids is 1. The van der Waals surface area contributed by atoms with E-state index in [4.69, 9.17) is 29.6 Å². The van der Waals surface area contributed by atoms with Crippen molar-refractivity contribution in [2.75, 3.05) is 13.1 Å². The number of fused-ring (bicyclic) bond motifs is 1. The van der Waals surface area contributed by atoms with Gasteiger partial charge in [0.25, 0.3) is 5.91 Å². The van der Waals surface area contributed by atoms with Gasteiger partial charge in [-0.2, -0.15) is 9.30 Å². The minimum atomic E-state index is -3.54. The van der Waals surface area contributed by atoms with Crippen LogP contribution in [0.4, 0.5) is 0 Å². The van der Waals surface area contributed by atoms with Gasteiger partial charge in [0.2, 0.25) is 10.0 Å². The largest absolute Gasteiger partial charge is 0.303 e. The van der Waals surface area contributed by atoms with E-state index in [0.29, 0.717) is 33.5 Å². The van der Waals surface area contributed by atoms with E-state index in [1.807, 2.05) is 0 Å². The summed E-state index contributed by atoms with van der Waals surface area (Å²) in [5, 5.41) is 0.724. The highest BCUT2D eigenvalue weighted by Crippen LogP contribution is 2.32. The fourth-order valence-electron chi connectivity index (χ4n) is 3.42. The van der Waals surface area contributed by atoms with Crippen LogP contribution in [-0.2, 0) is 16.6 Å². The van der Waals surface area contributed by atoms with E-state index >= 15 is 0 Å². The number of halogens is 2. The maximum Gasteiger partial charge on any atom is 0.279 e. The quantitative estimate of drug-likeness (QED) is 0.512. The lowest BCUT2D eigenvalue weighted by Crippen LogP contribution is -2.27. The molecule has 0 spiro atoms. The molecule has 0 bridgehead atoms. The number of aromatic nitrogens is 1. The number of hydrogen-bond acceptors (Lipinski definition) is 4. The minimum Gasteiger partial charge on any atom is -0.303 e. The first kappa shape index (κ1) is 22.1. The molecule has 0 radical (unpaired) electrons. The first-order valence-corrected chi connectivity index (χ1v) is 12.4. The molecule has 0 saturated carbocycles. The summed E-state index contributed by atoms with van der Waals surface area (Å²) < 4.78 is 29.2. The molecule has 1 fully saturated rings. The Kier molecular flexibility index (Phi) is 6.24. The molecule has 0 N–H and O–H groups in total. The fourth-order valence-corrected chi connectivity index (χ4v) is 6.45. The maximum atomic E-state index is 12.8. The van der Waals surface area contributed by atoms with Crippen molar-refractivity contribution in [3.8, 4) is 12.3 Å². The molecule has 3 aromatic rings. The van der Waals surface area contributed by atoms with E-state index in [0.717, 1.165) is 17.5 Å². The molecule has 160 valence electrons. The molecule has 6 nitrogen and oxygen atoms in total. The predicted molar refractivity (Wildman–Crippen MR) is 123 cm³/mol. The van der Waals surface area contributed by atoms with Gasteiger partial charge in [-0.25, -0.2) is 8.42 Å². The Bertz CT molecular complexity index is 1380. The van der Waals surface area contributed by atoms with Crippen LogP contribution < -0.4 is 4.80 Å². The number of amides is 1. The zero-order chi connectivity index (χ0) is 22.2. The lowest BCUT2D eigenvalue weighted by Gasteiger charge is -2.15. The summed E-state index contributed by atoms with van der Waals surface area (Å²) in [5.74, 6) is 2.03. The van der Waals surface area contributed by atoms with E-state index in [2.05, 4.69) is 10.9 Å². The molecule has 1 aliphatic heterocycles. The van der Waals surface area contributed by atoms with Crippen molar-refractivity contribution in [2.24, 2.45) is 4.99 Å². The summed E-state index contributed by atoms with van der Waals surface area (Å²) in [7, 11) is -3.54. The smallest absolute Gasteiger partial charge is 0.279 e. The molecule has 1 amide bonds. The molecule has 0 aliphatic carbocycles. The van der Waals surface area contributed by atoms with Crippen LogP contribution >= 0.6 is 34.5 Å². The molecule has 1 aromatic heterocycles. The summed E-state index contributed by atoms with van der Waals surface area (Å²) in [6.07, 6.45) is 7.20. The molecule has 31 heavy (non-hydrogen) atoms. The Labute approximate surface area is 193 Å². The van der Waals surface area contributed by atoms with Crippen molar-refractivity contribution in [3.05, 3.63) is 56.8 Å². The van der Waals surface area contributed by atoms with E-state index < -0.39 is 15.9 Å². The van der Waals surface area contributed by atoms with Gasteiger partial charge in [-0.05, 0) is 49.2 Å². The molecule has 10 heteroatoms. The number of thiazole rings is 1. The summed E-state index contributed by atoms with van der Waals surface area (Å²) in [6, 6.07) is 9.28. The van der Waals surface area contributed by atoms with Gasteiger partial charge in [-0.15, -0.1) is 6.42 Å². The second-order valence-electron chi connectivity index (χ2n) is 6.94. The normalized spacial score (nSPS) is 15.5. The Balaban J connectivity index is 1.71. The monoisotopic (exact) mass is 493 g/mol. The average molecular weight is 494 g/mol. The van der Waals surface area contributed by atoms with Gasteiger partial charge >= 0.3 is 0 Å². The Morgan fingerprint density at radius 2 is 1.81 bits per heavy atom. The van der Waals surface area contributed by atoms with Gasteiger partial charge in [-0.1, -0.05) is 40.5 Å². The standard InChI is InChI=1S/C21H17Cl2N3O3S2/c1-2-11-26-19-17(10-9-16(22)18(19)23)30-21(26)24-20(27)14-5-7-15(8-6-14)31(28,29)25-12-3-4-13-25/h1,5-10H,3-4,11-13H2. The van der Waals surface area contributed by atoms with Gasteiger partial charge in [0.05, 0.1) is 31.7 Å². The molecule has 1 aliphatic rings. The third-order valence-corrected chi connectivity index (χ3v) is 8.74. The first-order valence-electron chi connectivity index (χ1n) is 9.43. The topological polar surface area (TPSA) is 71.7 Å². The lowest BCUT2D eigenvalue weighted by molar-refractivity contribution is 0.0998. The van der Waals surface area contributed by atoms with Crippen LogP contribution in [-0.4, -0.2) is 36.3 Å². The van der Waals surface area contributed by atoms with Crippen LogP contribution in [0.1, 0.15) is 23.2 Å². The number of hydrogen-bond donors (Lipinski definition) is 0. The van der Waals surface area contributed by atoms with Gasteiger partial charge in [0.15, 0.2) is 4.80 Å². The molecule has 0 atom stereocenters. The predicted octanol–water partition coefficient (Wildman–Crippen LogP) is 4.17. The van der Waals surface area contributed by atoms with Gasteiger partial charge < -0.3 is 4.57 Å². The Morgan fingerprint density at radius 3 is 2.45 bits per heavy atom. The van der Waals surface area contributed by atoms with Gasteiger partial charge in [0.1, 0.15) is 0 Å². The van der Waals surface area contributed by atoms with E-state index in [9.17, 15) is 13.2 Å². The van der Waals surface area contributed by atoms with Crippen molar-refractivity contribution >= 4 is 60.7 Å². The van der Waals surface area contributed by atoms with E-state index in [-0.39, 0.29) is 17.0 Å². The number of terminal acetylenes is 1. The summed E-state index contributed by atoms with van der Waals surface area (Å²) in [4.78, 5) is 17.5. The van der Waals surface area contributed by atoms with Crippen LogP contribution in [0.25, 0.3) is 10.2 Å². The highest BCUT2D eigenvalue weighted by Gasteiger charge is 2.27. The second-order valence-corrected chi connectivity index (χ2v) is 10.7. The van der Waals surface area contributed by atoms with Crippen LogP contribution in [0.3, 0.4) is 0 Å². The van der Waals surface area contributed by atoms with Crippen LogP contribution in [0.15, 0.2) is 46.3 Å². The summed E-state index contributed by atoms with van der Waals surface area (Å²) >= 11 is 13.7. The van der Waals surface area contributed by atoms with Crippen molar-refractivity contribution in [2.45, 2.75) is 24.3 Å². The van der Waals surface area contributed by atoms with Crippen molar-refractivity contribution in [3.63, 3.8) is 0 Å². The molecular formula is C21H17Cl2N3O3S2. The second kappa shape index (κ2) is 8.77. The highest BCUT2D eigenvalue weighted by molar-refractivity contribution is 7.89. The summed E-state index contributed by atoms with van der Waals surface area (Å²) in [6.45, 7) is 1.21. The number of sulfonamides is 1. The molecule has 1 saturated heterocycles. The zero-order valence-corrected chi connectivity index (χ0v) is 19.4. The maximum absolute atomic E-state index is 12.8. The number of nitrogens with zero attached hydrogens (tertiary/aromatic N) is 3. The minimum absolute atomic E-state index is 0.164. The number of benzene rings is 2. The van der Waals surface area contributed by atoms with Crippen LogP contribution in [0, 0.1) is 12.3 Å². The SMILES string of the molecule is C#CCn1c(=NC(=O)c2ccc(S(=O)(=O)N3CCCC3)cc2)sc2ccc(Cl)c(Cl)c21. The molecule has 0 unspecified atom stereocenters. The fraction of sp³-hybridized carbons (Fsp3) is 0.238. The van der Waals surface area contributed by atoms with Crippen LogP contribution in [0.2, 0.25) is 10.0 Å². The van der Waals surface area contributed by atoms with Crippen molar-refractivity contribution in [1.29, 1.82) is 0 Å². The third kappa shape index (κ3) is 4.16. The molecule has 4 rings (SSSR count). The first-order chi connectivity index (χ1) is 14.8. The average Bonchev–Trinajstić information content (AvgIpc) is 3.41. The van der Waals surface area contributed by atoms with E-state index in [1.165, 1.54) is 39.9 Å². The molecular weight excluding hydrogens is 477 g/mol. The number of carbonyl (C=O) groups is 1. The van der Waals surface area contributed by atoms with Gasteiger partial charge in [-0.3, -0.25) is 4.79 Å². The van der Waals surface area contributed by atoms with E-state index in [1.54, 1.807) is 16.7 Å². The summed E-state index contributed by atoms with van der Waals surface area (Å²) in [5.41, 5.74) is 0.893. The number of rotatable bonds is 4. The van der Waals surface area contributed by atoms with Gasteiger partial charge in [0, 0.05) is 18.7 Å². The molecule has 2 heterocycles. The van der Waals surface area contributed by atoms with Crippen molar-refractivity contribution in [1.82, 2.24) is 8.87 Å². The lowest BCUT2D eigenvalue weighted by atomic mass is 10.2.